The number of carbonyl (C=O) groups excluding carboxylic acids is 1. The lowest BCUT2D eigenvalue weighted by Crippen LogP contribution is -2.24. The second-order valence-corrected chi connectivity index (χ2v) is 5.72. The minimum atomic E-state index is -0.526. The van der Waals surface area contributed by atoms with E-state index in [9.17, 15) is 14.9 Å². The summed E-state index contributed by atoms with van der Waals surface area (Å²) in [5.74, 6) is 0.796. The van der Waals surface area contributed by atoms with Crippen LogP contribution in [0.2, 0.25) is 5.02 Å². The molecule has 2 amide bonds. The molecule has 2 N–H and O–H groups in total. The van der Waals surface area contributed by atoms with Crippen molar-refractivity contribution in [2.45, 2.75) is 0 Å². The number of hydrogen-bond donors (Lipinski definition) is 2. The van der Waals surface area contributed by atoms with Crippen molar-refractivity contribution in [2.24, 2.45) is 5.10 Å². The van der Waals surface area contributed by atoms with E-state index in [0.717, 1.165) is 0 Å². The molecule has 136 valence electrons. The summed E-state index contributed by atoms with van der Waals surface area (Å²) in [6.45, 7) is 0. The van der Waals surface area contributed by atoms with Crippen molar-refractivity contribution < 1.29 is 14.1 Å². The van der Waals surface area contributed by atoms with Gasteiger partial charge in [0.2, 0.25) is 0 Å². The first-order valence-electron chi connectivity index (χ1n) is 7.72. The number of nitro benzene ring substituents is 1. The summed E-state index contributed by atoms with van der Waals surface area (Å²) >= 11 is 6.08. The molecule has 0 atom stereocenters. The number of hydrazone groups is 1. The fraction of sp³-hybridized carbons (Fsp3) is 0. The molecule has 0 spiro atoms. The SMILES string of the molecule is O=C(N/N=C\c1ccc(-c2ccc([N+](=O)[O-])cc2Cl)o1)Nc1ccccc1. The smallest absolute Gasteiger partial charge is 0.339 e. The summed E-state index contributed by atoms with van der Waals surface area (Å²) in [4.78, 5) is 22.0. The molecule has 2 aromatic carbocycles. The molecule has 0 aliphatic carbocycles. The highest BCUT2D eigenvalue weighted by Gasteiger charge is 2.13. The normalized spacial score (nSPS) is 10.7. The molecule has 9 heteroatoms. The van der Waals surface area contributed by atoms with Crippen LogP contribution in [-0.2, 0) is 0 Å². The number of para-hydroxylation sites is 1. The number of rotatable bonds is 5. The van der Waals surface area contributed by atoms with E-state index in [1.807, 2.05) is 6.07 Å². The van der Waals surface area contributed by atoms with Gasteiger partial charge < -0.3 is 9.73 Å². The number of amides is 2. The Morgan fingerprint density at radius 3 is 2.63 bits per heavy atom. The van der Waals surface area contributed by atoms with Crippen molar-refractivity contribution >= 4 is 35.2 Å². The van der Waals surface area contributed by atoms with E-state index < -0.39 is 11.0 Å². The lowest BCUT2D eigenvalue weighted by Gasteiger charge is -2.02. The Morgan fingerprint density at radius 2 is 1.93 bits per heavy atom. The monoisotopic (exact) mass is 384 g/mol. The van der Waals surface area contributed by atoms with Crippen LogP contribution in [0.25, 0.3) is 11.3 Å². The molecule has 8 nitrogen and oxygen atoms in total. The van der Waals surface area contributed by atoms with E-state index >= 15 is 0 Å². The molecule has 0 aliphatic rings. The maximum absolute atomic E-state index is 11.7. The van der Waals surface area contributed by atoms with Gasteiger partial charge >= 0.3 is 6.03 Å². The molecule has 1 aromatic heterocycles. The Bertz CT molecular complexity index is 1000. The van der Waals surface area contributed by atoms with Gasteiger partial charge in [0.05, 0.1) is 16.2 Å². The number of carbonyl (C=O) groups is 1. The van der Waals surface area contributed by atoms with Gasteiger partial charge in [-0.05, 0) is 30.3 Å². The van der Waals surface area contributed by atoms with Gasteiger partial charge in [-0.3, -0.25) is 10.1 Å². The van der Waals surface area contributed by atoms with Gasteiger partial charge in [0.1, 0.15) is 11.5 Å². The molecule has 0 saturated carbocycles. The van der Waals surface area contributed by atoms with Crippen molar-refractivity contribution in [3.63, 3.8) is 0 Å². The number of urea groups is 1. The third kappa shape index (κ3) is 4.71. The van der Waals surface area contributed by atoms with Crippen molar-refractivity contribution in [1.29, 1.82) is 0 Å². The third-order valence-electron chi connectivity index (χ3n) is 3.45. The van der Waals surface area contributed by atoms with Crippen molar-refractivity contribution in [3.8, 4) is 11.3 Å². The lowest BCUT2D eigenvalue weighted by atomic mass is 10.1. The predicted molar refractivity (Wildman–Crippen MR) is 102 cm³/mol. The van der Waals surface area contributed by atoms with Crippen LogP contribution in [0.3, 0.4) is 0 Å². The first kappa shape index (κ1) is 18.2. The topological polar surface area (TPSA) is 110 Å². The van der Waals surface area contributed by atoms with Gasteiger partial charge in [0.15, 0.2) is 0 Å². The Labute approximate surface area is 158 Å². The third-order valence-corrected chi connectivity index (χ3v) is 3.76. The van der Waals surface area contributed by atoms with Crippen LogP contribution < -0.4 is 10.7 Å². The Balaban J connectivity index is 1.63. The van der Waals surface area contributed by atoms with E-state index in [1.165, 1.54) is 24.4 Å². The summed E-state index contributed by atoms with van der Waals surface area (Å²) in [5.41, 5.74) is 3.36. The lowest BCUT2D eigenvalue weighted by molar-refractivity contribution is -0.384. The minimum Gasteiger partial charge on any atom is -0.455 e. The first-order valence-corrected chi connectivity index (χ1v) is 8.10. The van der Waals surface area contributed by atoms with Gasteiger partial charge in [-0.15, -0.1) is 0 Å². The number of hydrogen-bond acceptors (Lipinski definition) is 5. The maximum Gasteiger partial charge on any atom is 0.339 e. The van der Waals surface area contributed by atoms with Gasteiger partial charge in [0, 0.05) is 23.4 Å². The molecular formula is C18H13ClN4O4. The highest BCUT2D eigenvalue weighted by atomic mass is 35.5. The number of nitrogens with one attached hydrogen (secondary N) is 2. The Hall–Kier alpha value is -3.65. The molecule has 3 aromatic rings. The molecule has 3 rings (SSSR count). The zero-order valence-electron chi connectivity index (χ0n) is 13.8. The second-order valence-electron chi connectivity index (χ2n) is 5.31. The van der Waals surface area contributed by atoms with E-state index in [0.29, 0.717) is 22.8 Å². The summed E-state index contributed by atoms with van der Waals surface area (Å²) in [5, 5.41) is 17.4. The van der Waals surface area contributed by atoms with E-state index in [-0.39, 0.29) is 10.7 Å². The highest BCUT2D eigenvalue weighted by molar-refractivity contribution is 6.33. The van der Waals surface area contributed by atoms with E-state index in [2.05, 4.69) is 15.8 Å². The maximum atomic E-state index is 11.7. The van der Waals surface area contributed by atoms with Crippen molar-refractivity contribution in [1.82, 2.24) is 5.43 Å². The van der Waals surface area contributed by atoms with Crippen LogP contribution in [0, 0.1) is 10.1 Å². The van der Waals surface area contributed by atoms with Crippen LogP contribution in [0.4, 0.5) is 16.2 Å². The number of nitro groups is 1. The molecule has 0 bridgehead atoms. The first-order chi connectivity index (χ1) is 13.0. The summed E-state index contributed by atoms with van der Waals surface area (Å²) in [6.07, 6.45) is 1.33. The zero-order valence-corrected chi connectivity index (χ0v) is 14.5. The quantitative estimate of drug-likeness (QED) is 0.378. The minimum absolute atomic E-state index is 0.106. The standard InChI is InChI=1S/C18H13ClN4O4/c19-16-10-13(23(25)26)6-8-15(16)17-9-7-14(27-17)11-20-22-18(24)21-12-4-2-1-3-5-12/h1-11H,(H2,21,22,24)/b20-11-. The predicted octanol–water partition coefficient (Wildman–Crippen LogP) is 4.66. The molecule has 27 heavy (non-hydrogen) atoms. The van der Waals surface area contributed by atoms with Crippen molar-refractivity contribution in [3.05, 3.63) is 81.6 Å². The molecular weight excluding hydrogens is 372 g/mol. The molecule has 0 fully saturated rings. The summed E-state index contributed by atoms with van der Waals surface area (Å²) in [7, 11) is 0. The van der Waals surface area contributed by atoms with E-state index in [1.54, 1.807) is 36.4 Å². The molecule has 0 radical (unpaired) electrons. The van der Waals surface area contributed by atoms with Crippen LogP contribution >= 0.6 is 11.6 Å². The number of non-ortho nitro benzene ring substituents is 1. The fourth-order valence-electron chi connectivity index (χ4n) is 2.22. The van der Waals surface area contributed by atoms with Gasteiger partial charge in [-0.25, -0.2) is 10.2 Å². The number of nitrogens with zero attached hydrogens (tertiary/aromatic N) is 2. The van der Waals surface area contributed by atoms with Crippen LogP contribution in [0.5, 0.6) is 0 Å². The average Bonchev–Trinajstić information content (AvgIpc) is 3.11. The summed E-state index contributed by atoms with van der Waals surface area (Å²) in [6, 6.07) is 15.8. The van der Waals surface area contributed by atoms with Crippen LogP contribution in [-0.4, -0.2) is 17.2 Å². The fourth-order valence-corrected chi connectivity index (χ4v) is 2.49. The number of benzene rings is 2. The number of furan rings is 1. The van der Waals surface area contributed by atoms with Gasteiger partial charge in [-0.2, -0.15) is 5.10 Å². The van der Waals surface area contributed by atoms with Crippen LogP contribution in [0.15, 0.2) is 70.2 Å². The van der Waals surface area contributed by atoms with Crippen LogP contribution in [0.1, 0.15) is 5.76 Å². The number of halogens is 1. The highest BCUT2D eigenvalue weighted by Crippen LogP contribution is 2.31. The molecule has 0 aliphatic heterocycles. The molecule has 0 unspecified atom stereocenters. The second kappa shape index (κ2) is 8.15. The summed E-state index contributed by atoms with van der Waals surface area (Å²) < 4.78 is 5.58. The Morgan fingerprint density at radius 1 is 1.15 bits per heavy atom. The largest absolute Gasteiger partial charge is 0.455 e. The average molecular weight is 385 g/mol. The van der Waals surface area contributed by atoms with Gasteiger partial charge in [-0.1, -0.05) is 29.8 Å². The molecule has 0 saturated heterocycles. The van der Waals surface area contributed by atoms with Crippen molar-refractivity contribution in [2.75, 3.05) is 5.32 Å². The van der Waals surface area contributed by atoms with E-state index in [4.69, 9.17) is 16.0 Å². The van der Waals surface area contributed by atoms with Gasteiger partial charge in [0.25, 0.3) is 5.69 Å². The zero-order chi connectivity index (χ0) is 19.2. The number of anilines is 1. The Kier molecular flexibility index (Phi) is 5.48. The molecule has 1 heterocycles.